The molecule has 2 aromatic heterocycles. The first-order valence-electron chi connectivity index (χ1n) is 6.01. The van der Waals surface area contributed by atoms with Gasteiger partial charge in [-0.2, -0.15) is 0 Å². The minimum Gasteiger partial charge on any atom is -0.343 e. The molecule has 1 aromatic carbocycles. The fourth-order valence-corrected chi connectivity index (χ4v) is 1.96. The summed E-state index contributed by atoms with van der Waals surface area (Å²) in [4.78, 5) is 23.2. The topological polar surface area (TPSA) is 70.7 Å². The van der Waals surface area contributed by atoms with Gasteiger partial charge in [0.05, 0.1) is 17.4 Å². The molecule has 3 aromatic rings. The van der Waals surface area contributed by atoms with Crippen LogP contribution >= 0.6 is 0 Å². The van der Waals surface area contributed by atoms with Crippen molar-refractivity contribution in [3.63, 3.8) is 0 Å². The molecule has 0 unspecified atom stereocenters. The van der Waals surface area contributed by atoms with Crippen LogP contribution in [0, 0.1) is 12.7 Å². The number of fused-ring (bicyclic) bond motifs is 1. The Kier molecular flexibility index (Phi) is 2.90. The average molecular weight is 270 g/mol. The van der Waals surface area contributed by atoms with Crippen molar-refractivity contribution < 1.29 is 9.18 Å². The number of halogens is 1. The van der Waals surface area contributed by atoms with Gasteiger partial charge in [0, 0.05) is 11.9 Å². The van der Waals surface area contributed by atoms with Gasteiger partial charge >= 0.3 is 0 Å². The maximum atomic E-state index is 13.2. The molecule has 0 spiro atoms. The van der Waals surface area contributed by atoms with E-state index >= 15 is 0 Å². The number of carbonyl (C=O) groups is 1. The molecule has 0 bridgehead atoms. The number of anilines is 1. The van der Waals surface area contributed by atoms with Gasteiger partial charge in [-0.3, -0.25) is 4.79 Å². The zero-order valence-corrected chi connectivity index (χ0v) is 10.6. The second-order valence-corrected chi connectivity index (χ2v) is 4.38. The highest BCUT2D eigenvalue weighted by atomic mass is 19.1. The molecule has 3 rings (SSSR count). The molecule has 2 N–H and O–H groups in total. The first kappa shape index (κ1) is 12.3. The van der Waals surface area contributed by atoms with Crippen LogP contribution in [-0.2, 0) is 0 Å². The molecular weight excluding hydrogens is 259 g/mol. The quantitative estimate of drug-likeness (QED) is 0.752. The largest absolute Gasteiger partial charge is 0.343 e. The zero-order valence-electron chi connectivity index (χ0n) is 10.6. The van der Waals surface area contributed by atoms with E-state index in [1.807, 2.05) is 0 Å². The number of pyridine rings is 1. The number of hydrogen-bond donors (Lipinski definition) is 2. The Morgan fingerprint density at radius 2 is 2.15 bits per heavy atom. The predicted octanol–water partition coefficient (Wildman–Crippen LogP) is 2.66. The smallest absolute Gasteiger partial charge is 0.257 e. The predicted molar refractivity (Wildman–Crippen MR) is 73.0 cm³/mol. The number of aryl methyl sites for hydroxylation is 1. The number of nitrogens with zero attached hydrogens (tertiary/aromatic N) is 2. The number of carbonyl (C=O) groups excluding carboxylic acids is 1. The van der Waals surface area contributed by atoms with E-state index in [4.69, 9.17) is 0 Å². The summed E-state index contributed by atoms with van der Waals surface area (Å²) >= 11 is 0. The lowest BCUT2D eigenvalue weighted by Gasteiger charge is -2.07. The van der Waals surface area contributed by atoms with Crippen LogP contribution in [0.25, 0.3) is 11.2 Å². The number of amides is 1. The first-order chi connectivity index (χ1) is 9.65. The first-order valence-corrected chi connectivity index (χ1v) is 6.01. The summed E-state index contributed by atoms with van der Waals surface area (Å²) in [5.41, 5.74) is 2.51. The Morgan fingerprint density at radius 1 is 1.30 bits per heavy atom. The monoisotopic (exact) mass is 270 g/mol. The van der Waals surface area contributed by atoms with Crippen LogP contribution in [0.4, 0.5) is 10.1 Å². The lowest BCUT2D eigenvalue weighted by Crippen LogP contribution is -2.13. The van der Waals surface area contributed by atoms with E-state index in [1.54, 1.807) is 19.1 Å². The van der Waals surface area contributed by atoms with E-state index in [0.29, 0.717) is 28.0 Å². The molecule has 0 aliphatic heterocycles. The minimum atomic E-state index is -0.303. The number of H-pyrrole nitrogens is 1. The molecule has 20 heavy (non-hydrogen) atoms. The van der Waals surface area contributed by atoms with Crippen molar-refractivity contribution in [2.24, 2.45) is 0 Å². The van der Waals surface area contributed by atoms with Gasteiger partial charge in [-0.05, 0) is 36.8 Å². The molecule has 2 heterocycles. The van der Waals surface area contributed by atoms with Gasteiger partial charge in [0.25, 0.3) is 5.91 Å². The van der Waals surface area contributed by atoms with Crippen molar-refractivity contribution in [3.8, 4) is 0 Å². The number of benzene rings is 1. The number of hydrogen-bond acceptors (Lipinski definition) is 3. The Bertz CT molecular complexity index is 797. The van der Waals surface area contributed by atoms with E-state index in [2.05, 4.69) is 20.3 Å². The molecule has 0 saturated heterocycles. The third kappa shape index (κ3) is 2.11. The number of rotatable bonds is 2. The number of aromatic amines is 1. The normalized spacial score (nSPS) is 10.7. The van der Waals surface area contributed by atoms with Crippen LogP contribution in [0.3, 0.4) is 0 Å². The van der Waals surface area contributed by atoms with Gasteiger partial charge in [-0.1, -0.05) is 0 Å². The van der Waals surface area contributed by atoms with Gasteiger partial charge in [-0.15, -0.1) is 0 Å². The standard InChI is InChI=1S/C14H11FN4O/c1-8-6-9(2-3-11(8)15)19-14(20)10-4-5-16-13-12(10)17-7-18-13/h2-7H,1H3,(H,19,20)(H,16,17,18). The highest BCUT2D eigenvalue weighted by Gasteiger charge is 2.12. The van der Waals surface area contributed by atoms with Crippen LogP contribution in [0.5, 0.6) is 0 Å². The van der Waals surface area contributed by atoms with Gasteiger partial charge in [0.15, 0.2) is 5.65 Å². The molecule has 5 nitrogen and oxygen atoms in total. The summed E-state index contributed by atoms with van der Waals surface area (Å²) in [7, 11) is 0. The molecule has 0 aliphatic rings. The van der Waals surface area contributed by atoms with E-state index in [1.165, 1.54) is 24.7 Å². The summed E-state index contributed by atoms with van der Waals surface area (Å²) < 4.78 is 13.2. The molecule has 0 radical (unpaired) electrons. The van der Waals surface area contributed by atoms with Gasteiger partial charge in [-0.25, -0.2) is 14.4 Å². The Morgan fingerprint density at radius 3 is 2.95 bits per heavy atom. The number of imidazole rings is 1. The maximum Gasteiger partial charge on any atom is 0.257 e. The third-order valence-corrected chi connectivity index (χ3v) is 2.99. The summed E-state index contributed by atoms with van der Waals surface area (Å²) in [6.45, 7) is 1.64. The molecule has 0 atom stereocenters. The van der Waals surface area contributed by atoms with Crippen LogP contribution in [0.15, 0.2) is 36.8 Å². The molecule has 0 fully saturated rings. The van der Waals surface area contributed by atoms with E-state index < -0.39 is 0 Å². The van der Waals surface area contributed by atoms with E-state index in [9.17, 15) is 9.18 Å². The van der Waals surface area contributed by atoms with Crippen LogP contribution < -0.4 is 5.32 Å². The summed E-state index contributed by atoms with van der Waals surface area (Å²) in [6, 6.07) is 6.03. The number of nitrogens with one attached hydrogen (secondary N) is 2. The average Bonchev–Trinajstić information content (AvgIpc) is 2.91. The molecule has 100 valence electrons. The fraction of sp³-hybridized carbons (Fsp3) is 0.0714. The molecule has 1 amide bonds. The maximum absolute atomic E-state index is 13.2. The van der Waals surface area contributed by atoms with Crippen molar-refractivity contribution in [3.05, 3.63) is 53.7 Å². The van der Waals surface area contributed by atoms with Crippen molar-refractivity contribution in [1.82, 2.24) is 15.0 Å². The van der Waals surface area contributed by atoms with Crippen LogP contribution in [0.2, 0.25) is 0 Å². The zero-order chi connectivity index (χ0) is 14.1. The number of aromatic nitrogens is 3. The molecule has 0 saturated carbocycles. The van der Waals surface area contributed by atoms with Gasteiger partial charge < -0.3 is 10.3 Å². The molecular formula is C14H11FN4O. The van der Waals surface area contributed by atoms with Crippen molar-refractivity contribution in [2.75, 3.05) is 5.32 Å². The highest BCUT2D eigenvalue weighted by molar-refractivity contribution is 6.10. The van der Waals surface area contributed by atoms with Crippen LogP contribution in [-0.4, -0.2) is 20.9 Å². The minimum absolute atomic E-state index is 0.298. The molecule has 0 aliphatic carbocycles. The van der Waals surface area contributed by atoms with Gasteiger partial charge in [0.2, 0.25) is 0 Å². The van der Waals surface area contributed by atoms with Crippen molar-refractivity contribution in [2.45, 2.75) is 6.92 Å². The lowest BCUT2D eigenvalue weighted by molar-refractivity contribution is 0.102. The van der Waals surface area contributed by atoms with Gasteiger partial charge in [0.1, 0.15) is 5.82 Å². The highest BCUT2D eigenvalue weighted by Crippen LogP contribution is 2.17. The second kappa shape index (κ2) is 4.73. The lowest BCUT2D eigenvalue weighted by atomic mass is 10.2. The van der Waals surface area contributed by atoms with Crippen LogP contribution in [0.1, 0.15) is 15.9 Å². The SMILES string of the molecule is Cc1cc(NC(=O)c2ccnc3nc[nH]c23)ccc1F. The van der Waals surface area contributed by atoms with E-state index in [0.717, 1.165) is 0 Å². The van der Waals surface area contributed by atoms with Crippen molar-refractivity contribution in [1.29, 1.82) is 0 Å². The molecule has 6 heteroatoms. The Labute approximate surface area is 113 Å². The van der Waals surface area contributed by atoms with Crippen molar-refractivity contribution >= 4 is 22.8 Å². The second-order valence-electron chi connectivity index (χ2n) is 4.38. The Hall–Kier alpha value is -2.76. The summed E-state index contributed by atoms with van der Waals surface area (Å²) in [6.07, 6.45) is 3.00. The summed E-state index contributed by atoms with van der Waals surface area (Å²) in [5, 5.41) is 2.73. The third-order valence-electron chi connectivity index (χ3n) is 2.99. The Balaban J connectivity index is 1.93. The fourth-order valence-electron chi connectivity index (χ4n) is 1.96. The summed E-state index contributed by atoms with van der Waals surface area (Å²) in [5.74, 6) is -0.601. The van der Waals surface area contributed by atoms with E-state index in [-0.39, 0.29) is 11.7 Å².